The zero-order valence-electron chi connectivity index (χ0n) is 13.6. The summed E-state index contributed by atoms with van der Waals surface area (Å²) in [6.07, 6.45) is -0.217. The van der Waals surface area contributed by atoms with Crippen LogP contribution in [0.5, 0.6) is 0 Å². The van der Waals surface area contributed by atoms with Crippen molar-refractivity contribution in [3.63, 3.8) is 0 Å². The van der Waals surface area contributed by atoms with Crippen molar-refractivity contribution in [1.29, 1.82) is 5.26 Å². The van der Waals surface area contributed by atoms with Crippen molar-refractivity contribution in [3.8, 4) is 6.07 Å². The number of ether oxygens (including phenoxy) is 1. The number of fused-ring (bicyclic) bond motifs is 1. The molecular weight excluding hydrogens is 353 g/mol. The summed E-state index contributed by atoms with van der Waals surface area (Å²) in [6.45, 7) is 5.10. The first kappa shape index (κ1) is 18.5. The van der Waals surface area contributed by atoms with Gasteiger partial charge in [0.1, 0.15) is 10.3 Å². The van der Waals surface area contributed by atoms with Crippen molar-refractivity contribution in [2.45, 2.75) is 25.9 Å². The van der Waals surface area contributed by atoms with Gasteiger partial charge in [0.2, 0.25) is 0 Å². The highest BCUT2D eigenvalue weighted by molar-refractivity contribution is 6.34. The number of carbonyl (C=O) groups excluding carboxylic acids is 1. The predicted octanol–water partition coefficient (Wildman–Crippen LogP) is 2.73. The lowest BCUT2D eigenvalue weighted by molar-refractivity contribution is -0.163. The molecule has 0 fully saturated rings. The van der Waals surface area contributed by atoms with Crippen LogP contribution in [0.4, 0.5) is 0 Å². The Morgan fingerprint density at radius 1 is 1.50 bits per heavy atom. The average molecular weight is 370 g/mol. The van der Waals surface area contributed by atoms with Crippen LogP contribution in [0.1, 0.15) is 31.4 Å². The fourth-order valence-corrected chi connectivity index (χ4v) is 3.47. The molecule has 0 saturated carbocycles. The molecule has 6 nitrogen and oxygen atoms in total. The van der Waals surface area contributed by atoms with Crippen LogP contribution in [0.2, 0.25) is 10.3 Å². The number of aromatic nitrogens is 1. The molecule has 0 aromatic carbocycles. The lowest BCUT2D eigenvalue weighted by atomic mass is 9.78. The number of hydrogen-bond acceptors (Lipinski definition) is 6. The van der Waals surface area contributed by atoms with E-state index in [2.05, 4.69) is 11.1 Å². The number of esters is 1. The molecule has 1 N–H and O–H groups in total. The summed E-state index contributed by atoms with van der Waals surface area (Å²) in [5, 5.41) is 20.6. The summed E-state index contributed by atoms with van der Waals surface area (Å²) in [6, 6.07) is 3.46. The Balaban J connectivity index is 2.88. The summed E-state index contributed by atoms with van der Waals surface area (Å²) in [7, 11) is 1.17. The zero-order chi connectivity index (χ0) is 18.1. The van der Waals surface area contributed by atoms with Crippen LogP contribution < -0.4 is 0 Å². The Hall–Kier alpha value is -1.81. The molecule has 0 amide bonds. The minimum absolute atomic E-state index is 0.0224. The second kappa shape index (κ2) is 6.98. The van der Waals surface area contributed by atoms with Crippen LogP contribution in [-0.2, 0) is 15.1 Å². The van der Waals surface area contributed by atoms with Gasteiger partial charge in [-0.3, -0.25) is 0 Å². The highest BCUT2D eigenvalue weighted by atomic mass is 35.5. The average Bonchev–Trinajstić information content (AvgIpc) is 2.56. The molecule has 0 bridgehead atoms. The first-order valence-corrected chi connectivity index (χ1v) is 8.15. The highest BCUT2D eigenvalue weighted by Crippen LogP contribution is 2.46. The monoisotopic (exact) mass is 369 g/mol. The summed E-state index contributed by atoms with van der Waals surface area (Å²) in [4.78, 5) is 18.2. The minimum atomic E-state index is -2.04. The van der Waals surface area contributed by atoms with Gasteiger partial charge in [0.15, 0.2) is 5.60 Å². The van der Waals surface area contributed by atoms with Crippen molar-refractivity contribution < 1.29 is 14.6 Å². The normalized spacial score (nSPS) is 19.5. The van der Waals surface area contributed by atoms with Gasteiger partial charge in [-0.05, 0) is 19.9 Å². The molecule has 1 atom stereocenters. The SMILES string of the molecule is CCN(CC)C1=C(C#N)CC(O)(C(=O)OC)c2cc(Cl)nc(Cl)c21. The van der Waals surface area contributed by atoms with E-state index in [1.54, 1.807) is 0 Å². The van der Waals surface area contributed by atoms with E-state index < -0.39 is 11.6 Å². The fourth-order valence-electron chi connectivity index (χ4n) is 2.95. The number of rotatable bonds is 4. The molecule has 0 radical (unpaired) electrons. The van der Waals surface area contributed by atoms with Gasteiger partial charge in [0.25, 0.3) is 0 Å². The van der Waals surface area contributed by atoms with Crippen molar-refractivity contribution >= 4 is 34.9 Å². The lowest BCUT2D eigenvalue weighted by Crippen LogP contribution is -2.42. The predicted molar refractivity (Wildman–Crippen MR) is 90.2 cm³/mol. The Bertz CT molecular complexity index is 754. The van der Waals surface area contributed by atoms with Gasteiger partial charge in [0.05, 0.1) is 24.4 Å². The van der Waals surface area contributed by atoms with Gasteiger partial charge < -0.3 is 14.7 Å². The molecule has 1 aromatic heterocycles. The number of nitrogens with zero attached hydrogens (tertiary/aromatic N) is 3. The second-order valence-corrected chi connectivity index (χ2v) is 6.04. The Morgan fingerprint density at radius 3 is 2.62 bits per heavy atom. The first-order valence-electron chi connectivity index (χ1n) is 7.39. The summed E-state index contributed by atoms with van der Waals surface area (Å²) >= 11 is 12.2. The van der Waals surface area contributed by atoms with Crippen LogP contribution in [0, 0.1) is 11.3 Å². The van der Waals surface area contributed by atoms with Crippen molar-refractivity contribution in [3.05, 3.63) is 33.1 Å². The van der Waals surface area contributed by atoms with Crippen LogP contribution in [0.25, 0.3) is 5.70 Å². The van der Waals surface area contributed by atoms with Gasteiger partial charge >= 0.3 is 5.97 Å². The molecule has 1 aromatic rings. The third-order valence-electron chi connectivity index (χ3n) is 4.08. The maximum absolute atomic E-state index is 12.2. The molecule has 0 aliphatic heterocycles. The molecule has 8 heteroatoms. The second-order valence-electron chi connectivity index (χ2n) is 5.30. The van der Waals surface area contributed by atoms with E-state index in [-0.39, 0.29) is 27.9 Å². The molecule has 2 rings (SSSR count). The molecule has 0 saturated heterocycles. The molecule has 1 unspecified atom stereocenters. The Labute approximate surface area is 150 Å². The minimum Gasteiger partial charge on any atom is -0.467 e. The third kappa shape index (κ3) is 2.84. The quantitative estimate of drug-likeness (QED) is 0.648. The number of methoxy groups -OCH3 is 1. The number of nitriles is 1. The number of pyridine rings is 1. The fraction of sp³-hybridized carbons (Fsp3) is 0.438. The number of carbonyl (C=O) groups is 1. The van der Waals surface area contributed by atoms with E-state index in [1.807, 2.05) is 18.7 Å². The summed E-state index contributed by atoms with van der Waals surface area (Å²) < 4.78 is 4.73. The van der Waals surface area contributed by atoms with E-state index in [0.717, 1.165) is 0 Å². The van der Waals surface area contributed by atoms with E-state index in [1.165, 1.54) is 13.2 Å². The number of hydrogen-bond donors (Lipinski definition) is 1. The van der Waals surface area contributed by atoms with Gasteiger partial charge in [-0.1, -0.05) is 23.2 Å². The molecular formula is C16H17Cl2N3O3. The van der Waals surface area contributed by atoms with Crippen molar-refractivity contribution in [2.24, 2.45) is 0 Å². The van der Waals surface area contributed by atoms with Gasteiger partial charge in [-0.2, -0.15) is 5.26 Å². The largest absolute Gasteiger partial charge is 0.467 e. The van der Waals surface area contributed by atoms with E-state index >= 15 is 0 Å². The van der Waals surface area contributed by atoms with E-state index in [4.69, 9.17) is 27.9 Å². The maximum Gasteiger partial charge on any atom is 0.342 e. The standard InChI is InChI=1S/C16H17Cl2N3O3/c1-4-21(5-2)13-9(8-19)7-16(23,15(22)24-3)10-6-11(17)20-14(18)12(10)13/h6,23H,4-5,7H2,1-3H3. The van der Waals surface area contributed by atoms with Crippen LogP contribution in [0.15, 0.2) is 11.6 Å². The summed E-state index contributed by atoms with van der Waals surface area (Å²) in [5.41, 5.74) is -0.715. The van der Waals surface area contributed by atoms with Gasteiger partial charge in [-0.25, -0.2) is 9.78 Å². The molecule has 0 spiro atoms. The van der Waals surface area contributed by atoms with Crippen molar-refractivity contribution in [1.82, 2.24) is 9.88 Å². The Kier molecular flexibility index (Phi) is 5.38. The third-order valence-corrected chi connectivity index (χ3v) is 4.55. The van der Waals surface area contributed by atoms with Gasteiger partial charge in [0, 0.05) is 30.6 Å². The van der Waals surface area contributed by atoms with Gasteiger partial charge in [-0.15, -0.1) is 0 Å². The molecule has 128 valence electrons. The smallest absolute Gasteiger partial charge is 0.342 e. The lowest BCUT2D eigenvalue weighted by Gasteiger charge is -2.37. The number of halogens is 2. The summed E-state index contributed by atoms with van der Waals surface area (Å²) in [5.74, 6) is -0.881. The topological polar surface area (TPSA) is 86.5 Å². The van der Waals surface area contributed by atoms with Crippen LogP contribution >= 0.6 is 23.2 Å². The van der Waals surface area contributed by atoms with Crippen molar-refractivity contribution in [2.75, 3.05) is 20.2 Å². The van der Waals surface area contributed by atoms with E-state index in [9.17, 15) is 15.2 Å². The van der Waals surface area contributed by atoms with Crippen LogP contribution in [-0.4, -0.2) is 41.2 Å². The first-order chi connectivity index (χ1) is 11.3. The molecule has 1 heterocycles. The molecule has 1 aliphatic carbocycles. The van der Waals surface area contributed by atoms with Crippen LogP contribution in [0.3, 0.4) is 0 Å². The highest BCUT2D eigenvalue weighted by Gasteiger charge is 2.47. The molecule has 1 aliphatic rings. The van der Waals surface area contributed by atoms with E-state index in [0.29, 0.717) is 24.4 Å². The molecule has 24 heavy (non-hydrogen) atoms. The number of aliphatic hydroxyl groups is 1. The Morgan fingerprint density at radius 2 is 2.12 bits per heavy atom. The zero-order valence-corrected chi connectivity index (χ0v) is 15.1. The maximum atomic E-state index is 12.2.